The maximum absolute atomic E-state index is 13.2. The van der Waals surface area contributed by atoms with Gasteiger partial charge >= 0.3 is 0 Å². The van der Waals surface area contributed by atoms with Crippen molar-refractivity contribution in [1.29, 1.82) is 0 Å². The molecule has 0 bridgehead atoms. The van der Waals surface area contributed by atoms with Gasteiger partial charge < -0.3 is 10.2 Å². The Balaban J connectivity index is 1.98. The number of nitrogens with one attached hydrogen (secondary N) is 1. The molecule has 1 aromatic rings. The fraction of sp³-hybridized carbons (Fsp3) is 0.533. The van der Waals surface area contributed by atoms with Gasteiger partial charge in [-0.15, -0.1) is 0 Å². The molecule has 104 valence electrons. The first kappa shape index (κ1) is 14.0. The van der Waals surface area contributed by atoms with E-state index < -0.39 is 0 Å². The Morgan fingerprint density at radius 3 is 3.05 bits per heavy atom. The third-order valence-corrected chi connectivity index (χ3v) is 3.72. The van der Waals surface area contributed by atoms with Crippen LogP contribution in [0.4, 0.5) is 4.39 Å². The molecule has 0 spiro atoms. The lowest BCUT2D eigenvalue weighted by Crippen LogP contribution is -2.52. The number of carbonyl (C=O) groups is 1. The quantitative estimate of drug-likeness (QED) is 0.907. The van der Waals surface area contributed by atoms with E-state index in [1.54, 1.807) is 6.07 Å². The van der Waals surface area contributed by atoms with E-state index in [1.807, 2.05) is 17.9 Å². The summed E-state index contributed by atoms with van der Waals surface area (Å²) in [5, 5.41) is 3.27. The summed E-state index contributed by atoms with van der Waals surface area (Å²) >= 11 is 0. The molecule has 2 unspecified atom stereocenters. The summed E-state index contributed by atoms with van der Waals surface area (Å²) in [6, 6.07) is 6.75. The second kappa shape index (κ2) is 6.15. The highest BCUT2D eigenvalue weighted by Gasteiger charge is 2.24. The lowest BCUT2D eigenvalue weighted by atomic mass is 9.96. The van der Waals surface area contributed by atoms with E-state index in [0.717, 1.165) is 25.2 Å². The molecule has 0 radical (unpaired) electrons. The first-order valence-electron chi connectivity index (χ1n) is 6.83. The van der Waals surface area contributed by atoms with Crippen molar-refractivity contribution in [3.63, 3.8) is 0 Å². The maximum atomic E-state index is 13.2. The second-order valence-corrected chi connectivity index (χ2v) is 5.30. The Morgan fingerprint density at radius 1 is 1.58 bits per heavy atom. The van der Waals surface area contributed by atoms with Crippen molar-refractivity contribution in [3.8, 4) is 0 Å². The number of nitrogens with zero attached hydrogens (tertiary/aromatic N) is 1. The van der Waals surface area contributed by atoms with Crippen LogP contribution in [-0.4, -0.2) is 36.5 Å². The lowest BCUT2D eigenvalue weighted by Gasteiger charge is -2.34. The number of hydrogen-bond donors (Lipinski definition) is 1. The maximum Gasteiger partial charge on any atom is 0.223 e. The summed E-state index contributed by atoms with van der Waals surface area (Å²) in [6.45, 7) is 6.48. The summed E-state index contributed by atoms with van der Waals surface area (Å²) in [7, 11) is 0. The Labute approximate surface area is 113 Å². The molecule has 1 fully saturated rings. The zero-order valence-electron chi connectivity index (χ0n) is 11.5. The predicted octanol–water partition coefficient (Wildman–Crippen LogP) is 2.14. The van der Waals surface area contributed by atoms with Crippen molar-refractivity contribution >= 4 is 5.91 Å². The third-order valence-electron chi connectivity index (χ3n) is 3.72. The first-order valence-corrected chi connectivity index (χ1v) is 6.83. The van der Waals surface area contributed by atoms with Crippen LogP contribution in [0.5, 0.6) is 0 Å². The molecule has 0 saturated carbocycles. The summed E-state index contributed by atoms with van der Waals surface area (Å²) in [5.41, 5.74) is 0.885. The fourth-order valence-electron chi connectivity index (χ4n) is 2.52. The summed E-state index contributed by atoms with van der Waals surface area (Å²) in [6.07, 6.45) is 0.438. The van der Waals surface area contributed by atoms with Gasteiger partial charge in [-0.2, -0.15) is 0 Å². The number of benzene rings is 1. The number of halogens is 1. The molecule has 0 aliphatic carbocycles. The van der Waals surface area contributed by atoms with Crippen molar-refractivity contribution in [1.82, 2.24) is 10.2 Å². The van der Waals surface area contributed by atoms with Gasteiger partial charge in [0.25, 0.3) is 0 Å². The van der Waals surface area contributed by atoms with Gasteiger partial charge in [0.2, 0.25) is 5.91 Å². The highest BCUT2D eigenvalue weighted by molar-refractivity contribution is 5.77. The van der Waals surface area contributed by atoms with Crippen LogP contribution in [0.15, 0.2) is 24.3 Å². The molecule has 19 heavy (non-hydrogen) atoms. The van der Waals surface area contributed by atoms with Gasteiger partial charge in [-0.25, -0.2) is 4.39 Å². The molecule has 0 aromatic heterocycles. The molecule has 1 aromatic carbocycles. The molecule has 1 N–H and O–H groups in total. The van der Waals surface area contributed by atoms with Gasteiger partial charge in [-0.05, 0) is 30.5 Å². The van der Waals surface area contributed by atoms with E-state index in [9.17, 15) is 9.18 Å². The monoisotopic (exact) mass is 264 g/mol. The van der Waals surface area contributed by atoms with Gasteiger partial charge in [-0.3, -0.25) is 4.79 Å². The van der Waals surface area contributed by atoms with Gasteiger partial charge in [0.05, 0.1) is 0 Å². The summed E-state index contributed by atoms with van der Waals surface area (Å²) in [5.74, 6) is -0.0385. The normalized spacial score (nSPS) is 21.2. The van der Waals surface area contributed by atoms with Gasteiger partial charge in [0.15, 0.2) is 0 Å². The van der Waals surface area contributed by atoms with Crippen LogP contribution in [0.25, 0.3) is 0 Å². The molecule has 2 atom stereocenters. The molecule has 1 aliphatic rings. The summed E-state index contributed by atoms with van der Waals surface area (Å²) in [4.78, 5) is 14.2. The van der Waals surface area contributed by atoms with Crippen molar-refractivity contribution in [2.24, 2.45) is 0 Å². The van der Waals surface area contributed by atoms with Crippen molar-refractivity contribution in [2.45, 2.75) is 32.2 Å². The Morgan fingerprint density at radius 2 is 2.37 bits per heavy atom. The van der Waals surface area contributed by atoms with E-state index in [0.29, 0.717) is 6.42 Å². The standard InChI is InChI=1S/C15H21FN2O/c1-11(13-4-3-5-14(16)9-13)8-15(19)18-7-6-17-10-12(18)2/h3-5,9,11-12,17H,6-8,10H2,1-2H3. The van der Waals surface area contributed by atoms with Crippen LogP contribution in [0, 0.1) is 5.82 Å². The minimum absolute atomic E-state index is 0.0466. The van der Waals surface area contributed by atoms with Crippen LogP contribution >= 0.6 is 0 Å². The Bertz CT molecular complexity index is 450. The Hall–Kier alpha value is -1.42. The predicted molar refractivity (Wildman–Crippen MR) is 73.5 cm³/mol. The van der Waals surface area contributed by atoms with Crippen molar-refractivity contribution in [2.75, 3.05) is 19.6 Å². The molecule has 2 rings (SSSR count). The third kappa shape index (κ3) is 3.53. The molecular weight excluding hydrogens is 243 g/mol. The van der Waals surface area contributed by atoms with E-state index in [-0.39, 0.29) is 23.7 Å². The minimum Gasteiger partial charge on any atom is -0.337 e. The van der Waals surface area contributed by atoms with Gasteiger partial charge in [-0.1, -0.05) is 19.1 Å². The van der Waals surface area contributed by atoms with E-state index in [1.165, 1.54) is 12.1 Å². The molecule has 1 aliphatic heterocycles. The average molecular weight is 264 g/mol. The molecule has 1 heterocycles. The smallest absolute Gasteiger partial charge is 0.223 e. The number of carbonyl (C=O) groups excluding carboxylic acids is 1. The molecule has 4 heteroatoms. The van der Waals surface area contributed by atoms with Crippen molar-refractivity contribution < 1.29 is 9.18 Å². The molecule has 1 saturated heterocycles. The highest BCUT2D eigenvalue weighted by atomic mass is 19.1. The minimum atomic E-state index is -0.243. The fourth-order valence-corrected chi connectivity index (χ4v) is 2.52. The first-order chi connectivity index (χ1) is 9.08. The number of rotatable bonds is 3. The largest absolute Gasteiger partial charge is 0.337 e. The van der Waals surface area contributed by atoms with Crippen LogP contribution in [0.3, 0.4) is 0 Å². The molecule has 1 amide bonds. The molecular formula is C15H21FN2O. The lowest BCUT2D eigenvalue weighted by molar-refractivity contribution is -0.134. The van der Waals surface area contributed by atoms with E-state index in [2.05, 4.69) is 12.2 Å². The highest BCUT2D eigenvalue weighted by Crippen LogP contribution is 2.21. The van der Waals surface area contributed by atoms with E-state index in [4.69, 9.17) is 0 Å². The summed E-state index contributed by atoms with van der Waals surface area (Å²) < 4.78 is 13.2. The van der Waals surface area contributed by atoms with Gasteiger partial charge in [0.1, 0.15) is 5.82 Å². The van der Waals surface area contributed by atoms with Gasteiger partial charge in [0, 0.05) is 32.1 Å². The number of amides is 1. The number of hydrogen-bond acceptors (Lipinski definition) is 2. The van der Waals surface area contributed by atoms with Crippen molar-refractivity contribution in [3.05, 3.63) is 35.6 Å². The van der Waals surface area contributed by atoms with E-state index >= 15 is 0 Å². The average Bonchev–Trinajstić information content (AvgIpc) is 2.39. The van der Waals surface area contributed by atoms with Crippen LogP contribution in [0.2, 0.25) is 0 Å². The number of piperazine rings is 1. The van der Waals surface area contributed by atoms with Crippen LogP contribution < -0.4 is 5.32 Å². The van der Waals surface area contributed by atoms with Crippen LogP contribution in [0.1, 0.15) is 31.7 Å². The zero-order chi connectivity index (χ0) is 13.8. The van der Waals surface area contributed by atoms with Crippen LogP contribution in [-0.2, 0) is 4.79 Å². The zero-order valence-corrected chi connectivity index (χ0v) is 11.5. The Kier molecular flexibility index (Phi) is 4.53. The second-order valence-electron chi connectivity index (χ2n) is 5.30. The molecule has 3 nitrogen and oxygen atoms in total. The SMILES string of the molecule is CC(CC(=O)N1CCNCC1C)c1cccc(F)c1. The topological polar surface area (TPSA) is 32.3 Å².